The highest BCUT2D eigenvalue weighted by atomic mass is 16.5. The topological polar surface area (TPSA) is 55.3 Å². The van der Waals surface area contributed by atoms with Crippen molar-refractivity contribution in [2.75, 3.05) is 24.6 Å². The molecule has 0 aliphatic rings. The van der Waals surface area contributed by atoms with Crippen molar-refractivity contribution >= 4 is 22.7 Å². The summed E-state index contributed by atoms with van der Waals surface area (Å²) in [7, 11) is 0. The minimum absolute atomic E-state index is 0.211. The maximum Gasteiger partial charge on any atom is 0.325 e. The SMILES string of the molecule is CCCN(CC(=O)OCC)c1ncnc2ccccc12. The number of esters is 1. The van der Waals surface area contributed by atoms with E-state index in [1.165, 1.54) is 6.33 Å². The third kappa shape index (κ3) is 3.23. The third-order valence-electron chi connectivity index (χ3n) is 2.94. The molecule has 5 nitrogen and oxygen atoms in total. The van der Waals surface area contributed by atoms with Crippen LogP contribution in [0.2, 0.25) is 0 Å². The molecule has 20 heavy (non-hydrogen) atoms. The molecule has 106 valence electrons. The standard InChI is InChI=1S/C15H19N3O2/c1-3-9-18(10-14(19)20-4-2)15-12-7-5-6-8-13(12)16-11-17-15/h5-8,11H,3-4,9-10H2,1-2H3. The second-order valence-corrected chi connectivity index (χ2v) is 4.44. The molecule has 2 rings (SSSR count). The van der Waals surface area contributed by atoms with Crippen molar-refractivity contribution in [3.8, 4) is 0 Å². The van der Waals surface area contributed by atoms with Gasteiger partial charge >= 0.3 is 5.97 Å². The summed E-state index contributed by atoms with van der Waals surface area (Å²) in [6.07, 6.45) is 2.46. The van der Waals surface area contributed by atoms with Gasteiger partial charge in [-0.2, -0.15) is 0 Å². The number of carbonyl (C=O) groups excluding carboxylic acids is 1. The van der Waals surface area contributed by atoms with E-state index in [2.05, 4.69) is 16.9 Å². The van der Waals surface area contributed by atoms with E-state index in [-0.39, 0.29) is 12.5 Å². The average molecular weight is 273 g/mol. The number of rotatable bonds is 6. The van der Waals surface area contributed by atoms with Gasteiger partial charge in [-0.25, -0.2) is 9.97 Å². The Labute approximate surface area is 118 Å². The van der Waals surface area contributed by atoms with Crippen LogP contribution in [0.5, 0.6) is 0 Å². The molecular formula is C15H19N3O2. The van der Waals surface area contributed by atoms with Gasteiger partial charge in [0.2, 0.25) is 0 Å². The van der Waals surface area contributed by atoms with Crippen molar-refractivity contribution in [1.82, 2.24) is 9.97 Å². The third-order valence-corrected chi connectivity index (χ3v) is 2.94. The highest BCUT2D eigenvalue weighted by molar-refractivity contribution is 5.90. The molecule has 0 saturated heterocycles. The van der Waals surface area contributed by atoms with Crippen LogP contribution < -0.4 is 4.90 Å². The van der Waals surface area contributed by atoms with Crippen LogP contribution in [0.25, 0.3) is 10.9 Å². The fourth-order valence-electron chi connectivity index (χ4n) is 2.13. The zero-order valence-corrected chi connectivity index (χ0v) is 11.9. The molecule has 1 aromatic carbocycles. The lowest BCUT2D eigenvalue weighted by Crippen LogP contribution is -2.32. The first-order chi connectivity index (χ1) is 9.76. The largest absolute Gasteiger partial charge is 0.465 e. The van der Waals surface area contributed by atoms with Crippen molar-refractivity contribution in [2.24, 2.45) is 0 Å². The first-order valence-electron chi connectivity index (χ1n) is 6.86. The molecule has 0 saturated carbocycles. The van der Waals surface area contributed by atoms with E-state index in [4.69, 9.17) is 4.74 Å². The Kier molecular flexibility index (Phi) is 4.87. The molecule has 1 heterocycles. The zero-order valence-electron chi connectivity index (χ0n) is 11.9. The van der Waals surface area contributed by atoms with Gasteiger partial charge in [0.1, 0.15) is 18.7 Å². The van der Waals surface area contributed by atoms with Crippen LogP contribution >= 0.6 is 0 Å². The first-order valence-corrected chi connectivity index (χ1v) is 6.86. The van der Waals surface area contributed by atoms with Gasteiger partial charge < -0.3 is 9.64 Å². The highest BCUT2D eigenvalue weighted by Gasteiger charge is 2.15. The Morgan fingerprint density at radius 3 is 2.80 bits per heavy atom. The highest BCUT2D eigenvalue weighted by Crippen LogP contribution is 2.22. The van der Waals surface area contributed by atoms with E-state index in [1.54, 1.807) is 0 Å². The molecule has 0 bridgehead atoms. The van der Waals surface area contributed by atoms with Gasteiger partial charge in [-0.05, 0) is 25.5 Å². The van der Waals surface area contributed by atoms with Crippen molar-refractivity contribution in [2.45, 2.75) is 20.3 Å². The first kappa shape index (κ1) is 14.2. The lowest BCUT2D eigenvalue weighted by Gasteiger charge is -2.23. The Hall–Kier alpha value is -2.17. The van der Waals surface area contributed by atoms with Crippen LogP contribution in [0, 0.1) is 0 Å². The van der Waals surface area contributed by atoms with Crippen molar-refractivity contribution in [1.29, 1.82) is 0 Å². The van der Waals surface area contributed by atoms with Crippen molar-refractivity contribution in [3.05, 3.63) is 30.6 Å². The smallest absolute Gasteiger partial charge is 0.325 e. The number of benzene rings is 1. The van der Waals surface area contributed by atoms with Gasteiger partial charge in [-0.1, -0.05) is 19.1 Å². The van der Waals surface area contributed by atoms with E-state index >= 15 is 0 Å². The molecule has 0 N–H and O–H groups in total. The minimum Gasteiger partial charge on any atom is -0.465 e. The molecule has 0 atom stereocenters. The lowest BCUT2D eigenvalue weighted by molar-refractivity contribution is -0.141. The molecule has 0 spiro atoms. The molecule has 5 heteroatoms. The van der Waals surface area contributed by atoms with E-state index in [0.29, 0.717) is 6.61 Å². The summed E-state index contributed by atoms with van der Waals surface area (Å²) >= 11 is 0. The number of anilines is 1. The summed E-state index contributed by atoms with van der Waals surface area (Å²) in [5, 5.41) is 0.952. The van der Waals surface area contributed by atoms with Crippen LogP contribution in [0.15, 0.2) is 30.6 Å². The predicted octanol–water partition coefficient (Wildman–Crippen LogP) is 2.41. The van der Waals surface area contributed by atoms with Crippen LogP contribution in [0.4, 0.5) is 5.82 Å². The molecule has 0 unspecified atom stereocenters. The number of carbonyl (C=O) groups is 1. The second kappa shape index (κ2) is 6.84. The second-order valence-electron chi connectivity index (χ2n) is 4.44. The Morgan fingerprint density at radius 2 is 2.05 bits per heavy atom. The van der Waals surface area contributed by atoms with Crippen LogP contribution in [-0.4, -0.2) is 35.6 Å². The Balaban J connectivity index is 2.33. The quantitative estimate of drug-likeness (QED) is 0.756. The van der Waals surface area contributed by atoms with Crippen LogP contribution in [-0.2, 0) is 9.53 Å². The van der Waals surface area contributed by atoms with Crippen LogP contribution in [0.1, 0.15) is 20.3 Å². The van der Waals surface area contributed by atoms with Crippen LogP contribution in [0.3, 0.4) is 0 Å². The molecule has 0 amide bonds. The normalized spacial score (nSPS) is 10.5. The summed E-state index contributed by atoms with van der Waals surface area (Å²) in [6, 6.07) is 7.80. The average Bonchev–Trinajstić information content (AvgIpc) is 2.46. The molecule has 2 aromatic rings. The molecule has 0 aliphatic carbocycles. The fraction of sp³-hybridized carbons (Fsp3) is 0.400. The van der Waals surface area contributed by atoms with Crippen molar-refractivity contribution < 1.29 is 9.53 Å². The van der Waals surface area contributed by atoms with Gasteiger partial charge in [0.05, 0.1) is 12.1 Å². The van der Waals surface area contributed by atoms with Gasteiger partial charge in [0.15, 0.2) is 0 Å². The molecule has 0 radical (unpaired) electrons. The van der Waals surface area contributed by atoms with E-state index in [0.717, 1.165) is 29.7 Å². The number of para-hydroxylation sites is 1. The number of hydrogen-bond donors (Lipinski definition) is 0. The molecule has 0 aliphatic heterocycles. The van der Waals surface area contributed by atoms with Crippen molar-refractivity contribution in [3.63, 3.8) is 0 Å². The Morgan fingerprint density at radius 1 is 1.25 bits per heavy atom. The number of ether oxygens (including phenoxy) is 1. The lowest BCUT2D eigenvalue weighted by atomic mass is 10.2. The monoisotopic (exact) mass is 273 g/mol. The number of hydrogen-bond acceptors (Lipinski definition) is 5. The summed E-state index contributed by atoms with van der Waals surface area (Å²) < 4.78 is 5.03. The minimum atomic E-state index is -0.233. The number of fused-ring (bicyclic) bond motifs is 1. The summed E-state index contributed by atoms with van der Waals surface area (Å²) in [5.74, 6) is 0.550. The maximum absolute atomic E-state index is 11.7. The Bertz CT molecular complexity index is 581. The van der Waals surface area contributed by atoms with Gasteiger partial charge in [0, 0.05) is 11.9 Å². The van der Waals surface area contributed by atoms with E-state index in [1.807, 2.05) is 36.1 Å². The molecule has 1 aromatic heterocycles. The molecular weight excluding hydrogens is 254 g/mol. The van der Waals surface area contributed by atoms with Gasteiger partial charge in [0.25, 0.3) is 0 Å². The number of nitrogens with zero attached hydrogens (tertiary/aromatic N) is 3. The van der Waals surface area contributed by atoms with E-state index < -0.39 is 0 Å². The maximum atomic E-state index is 11.7. The molecule has 0 fully saturated rings. The van der Waals surface area contributed by atoms with E-state index in [9.17, 15) is 4.79 Å². The summed E-state index contributed by atoms with van der Waals surface area (Å²) in [6.45, 7) is 5.23. The number of aromatic nitrogens is 2. The predicted molar refractivity (Wildman–Crippen MR) is 78.7 cm³/mol. The zero-order chi connectivity index (χ0) is 14.4. The summed E-state index contributed by atoms with van der Waals surface area (Å²) in [4.78, 5) is 22.3. The van der Waals surface area contributed by atoms with Gasteiger partial charge in [-0.15, -0.1) is 0 Å². The van der Waals surface area contributed by atoms with Gasteiger partial charge in [-0.3, -0.25) is 4.79 Å². The summed E-state index contributed by atoms with van der Waals surface area (Å²) in [5.41, 5.74) is 0.877. The fourth-order valence-corrected chi connectivity index (χ4v) is 2.13.